The Morgan fingerprint density at radius 1 is 1.37 bits per heavy atom. The monoisotopic (exact) mass is 257 g/mol. The Morgan fingerprint density at radius 2 is 2.11 bits per heavy atom. The molecule has 0 bridgehead atoms. The first-order valence-electron chi connectivity index (χ1n) is 5.61. The number of hydrogen-bond donors (Lipinski definition) is 1. The SMILES string of the molecule is C#CCOc1ccc(Nc2nc(C)ncc2F)cc1. The molecule has 1 heterocycles. The lowest BCUT2D eigenvalue weighted by atomic mass is 10.3. The molecule has 1 aromatic heterocycles. The molecule has 0 aliphatic carbocycles. The number of benzene rings is 1. The zero-order valence-electron chi connectivity index (χ0n) is 10.4. The van der Waals surface area contributed by atoms with Crippen LogP contribution in [0.2, 0.25) is 0 Å². The zero-order chi connectivity index (χ0) is 13.7. The first-order valence-corrected chi connectivity index (χ1v) is 5.61. The normalized spacial score (nSPS) is 9.74. The molecule has 4 nitrogen and oxygen atoms in total. The maximum absolute atomic E-state index is 13.5. The summed E-state index contributed by atoms with van der Waals surface area (Å²) in [4.78, 5) is 7.75. The molecule has 0 atom stereocenters. The number of rotatable bonds is 4. The Balaban J connectivity index is 2.11. The van der Waals surface area contributed by atoms with Gasteiger partial charge in [0, 0.05) is 5.69 Å². The largest absolute Gasteiger partial charge is 0.481 e. The molecule has 0 unspecified atom stereocenters. The smallest absolute Gasteiger partial charge is 0.184 e. The van der Waals surface area contributed by atoms with Gasteiger partial charge in [-0.3, -0.25) is 0 Å². The van der Waals surface area contributed by atoms with Gasteiger partial charge in [0.05, 0.1) is 6.20 Å². The van der Waals surface area contributed by atoms with Crippen molar-refractivity contribution in [3.05, 3.63) is 42.1 Å². The lowest BCUT2D eigenvalue weighted by molar-refractivity contribution is 0.370. The molecular weight excluding hydrogens is 245 g/mol. The van der Waals surface area contributed by atoms with E-state index in [1.54, 1.807) is 31.2 Å². The fraction of sp³-hybridized carbons (Fsp3) is 0.143. The van der Waals surface area contributed by atoms with Crippen molar-refractivity contribution in [2.24, 2.45) is 0 Å². The summed E-state index contributed by atoms with van der Waals surface area (Å²) < 4.78 is 18.7. The number of hydrogen-bond acceptors (Lipinski definition) is 4. The Hall–Kier alpha value is -2.61. The summed E-state index contributed by atoms with van der Waals surface area (Å²) in [5.41, 5.74) is 0.699. The molecule has 0 fully saturated rings. The summed E-state index contributed by atoms with van der Waals surface area (Å²) in [6, 6.07) is 6.99. The number of nitrogens with zero attached hydrogens (tertiary/aromatic N) is 2. The van der Waals surface area contributed by atoms with E-state index in [-0.39, 0.29) is 12.4 Å². The van der Waals surface area contributed by atoms with Crippen molar-refractivity contribution in [2.75, 3.05) is 11.9 Å². The average molecular weight is 257 g/mol. The average Bonchev–Trinajstić information content (AvgIpc) is 2.42. The molecule has 0 aliphatic rings. The molecule has 0 saturated heterocycles. The van der Waals surface area contributed by atoms with Crippen molar-refractivity contribution in [3.8, 4) is 18.1 Å². The van der Waals surface area contributed by atoms with Crippen LogP contribution in [0, 0.1) is 25.1 Å². The van der Waals surface area contributed by atoms with Crippen LogP contribution in [0.3, 0.4) is 0 Å². The maximum Gasteiger partial charge on any atom is 0.184 e. The number of terminal acetylenes is 1. The Morgan fingerprint density at radius 3 is 2.79 bits per heavy atom. The second-order valence-corrected chi connectivity index (χ2v) is 3.76. The van der Waals surface area contributed by atoms with Gasteiger partial charge in [0.25, 0.3) is 0 Å². The molecule has 0 aliphatic heterocycles. The molecule has 1 aromatic carbocycles. The van der Waals surface area contributed by atoms with Crippen LogP contribution in [0.4, 0.5) is 15.9 Å². The maximum atomic E-state index is 13.5. The van der Waals surface area contributed by atoms with E-state index in [9.17, 15) is 4.39 Å². The van der Waals surface area contributed by atoms with Gasteiger partial charge in [-0.15, -0.1) is 6.42 Å². The molecule has 0 amide bonds. The summed E-state index contributed by atoms with van der Waals surface area (Å²) >= 11 is 0. The topological polar surface area (TPSA) is 47.0 Å². The molecule has 2 aromatic rings. The molecule has 5 heteroatoms. The molecule has 2 rings (SSSR count). The fourth-order valence-corrected chi connectivity index (χ4v) is 1.44. The number of aryl methyl sites for hydroxylation is 1. The van der Waals surface area contributed by atoms with Crippen molar-refractivity contribution in [1.82, 2.24) is 9.97 Å². The van der Waals surface area contributed by atoms with Gasteiger partial charge in [-0.2, -0.15) is 0 Å². The van der Waals surface area contributed by atoms with Gasteiger partial charge in [-0.25, -0.2) is 14.4 Å². The van der Waals surface area contributed by atoms with Crippen LogP contribution in [0.5, 0.6) is 5.75 Å². The number of aromatic nitrogens is 2. The van der Waals surface area contributed by atoms with Crippen molar-refractivity contribution < 1.29 is 9.13 Å². The lowest BCUT2D eigenvalue weighted by Gasteiger charge is -2.08. The van der Waals surface area contributed by atoms with Crippen LogP contribution in [0.25, 0.3) is 0 Å². The lowest BCUT2D eigenvalue weighted by Crippen LogP contribution is -2.00. The predicted octanol–water partition coefficient (Wildman–Crippen LogP) is 2.68. The number of anilines is 2. The van der Waals surface area contributed by atoms with Gasteiger partial charge in [0.2, 0.25) is 0 Å². The minimum Gasteiger partial charge on any atom is -0.481 e. The number of halogens is 1. The van der Waals surface area contributed by atoms with Crippen molar-refractivity contribution in [2.45, 2.75) is 6.92 Å². The molecule has 0 saturated carbocycles. The summed E-state index contributed by atoms with van der Waals surface area (Å²) in [6.07, 6.45) is 6.23. The van der Waals surface area contributed by atoms with Gasteiger partial charge in [-0.1, -0.05) is 5.92 Å². The third-order valence-corrected chi connectivity index (χ3v) is 2.30. The molecule has 19 heavy (non-hydrogen) atoms. The first-order chi connectivity index (χ1) is 9.19. The van der Waals surface area contributed by atoms with Crippen molar-refractivity contribution in [3.63, 3.8) is 0 Å². The molecular formula is C14H12FN3O. The molecule has 0 radical (unpaired) electrons. The number of nitrogens with one attached hydrogen (secondary N) is 1. The van der Waals surface area contributed by atoms with Crippen LogP contribution >= 0.6 is 0 Å². The quantitative estimate of drug-likeness (QED) is 0.855. The van der Waals surface area contributed by atoms with Crippen LogP contribution in [0.1, 0.15) is 5.82 Å². The summed E-state index contributed by atoms with van der Waals surface area (Å²) in [7, 11) is 0. The molecule has 0 spiro atoms. The summed E-state index contributed by atoms with van der Waals surface area (Å²) in [5, 5.41) is 2.87. The van der Waals surface area contributed by atoms with Gasteiger partial charge < -0.3 is 10.1 Å². The van der Waals surface area contributed by atoms with E-state index in [0.29, 0.717) is 17.3 Å². The van der Waals surface area contributed by atoms with Crippen LogP contribution in [0.15, 0.2) is 30.5 Å². The highest BCUT2D eigenvalue weighted by Gasteiger charge is 2.05. The highest BCUT2D eigenvalue weighted by Crippen LogP contribution is 2.20. The van der Waals surface area contributed by atoms with Crippen LogP contribution in [-0.2, 0) is 0 Å². The van der Waals surface area contributed by atoms with Crippen molar-refractivity contribution >= 4 is 11.5 Å². The minimum atomic E-state index is -0.502. The Bertz CT molecular complexity index is 605. The second kappa shape index (κ2) is 5.83. The fourth-order valence-electron chi connectivity index (χ4n) is 1.44. The van der Waals surface area contributed by atoms with Gasteiger partial charge in [0.15, 0.2) is 11.6 Å². The zero-order valence-corrected chi connectivity index (χ0v) is 10.4. The van der Waals surface area contributed by atoms with Crippen LogP contribution in [-0.4, -0.2) is 16.6 Å². The van der Waals surface area contributed by atoms with E-state index in [1.807, 2.05) is 0 Å². The Kier molecular flexibility index (Phi) is 3.94. The highest BCUT2D eigenvalue weighted by molar-refractivity contribution is 5.57. The second-order valence-electron chi connectivity index (χ2n) is 3.76. The first kappa shape index (κ1) is 12.8. The van der Waals surface area contributed by atoms with Crippen LogP contribution < -0.4 is 10.1 Å². The summed E-state index contributed by atoms with van der Waals surface area (Å²) in [5.74, 6) is 3.18. The van der Waals surface area contributed by atoms with Gasteiger partial charge in [0.1, 0.15) is 18.2 Å². The minimum absolute atomic E-state index is 0.143. The molecule has 96 valence electrons. The van der Waals surface area contributed by atoms with E-state index < -0.39 is 5.82 Å². The van der Waals surface area contributed by atoms with E-state index >= 15 is 0 Å². The highest BCUT2D eigenvalue weighted by atomic mass is 19.1. The van der Waals surface area contributed by atoms with E-state index in [0.717, 1.165) is 6.20 Å². The number of ether oxygens (including phenoxy) is 1. The van der Waals surface area contributed by atoms with Gasteiger partial charge >= 0.3 is 0 Å². The third kappa shape index (κ3) is 3.42. The van der Waals surface area contributed by atoms with Gasteiger partial charge in [-0.05, 0) is 31.2 Å². The standard InChI is InChI=1S/C14H12FN3O/c1-3-8-19-12-6-4-11(5-7-12)18-14-13(15)9-16-10(2)17-14/h1,4-7,9H,8H2,2H3,(H,16,17,18). The Labute approximate surface area is 110 Å². The third-order valence-electron chi connectivity index (χ3n) is 2.30. The van der Waals surface area contributed by atoms with E-state index in [2.05, 4.69) is 21.2 Å². The van der Waals surface area contributed by atoms with E-state index in [1.165, 1.54) is 0 Å². The molecule has 1 N–H and O–H groups in total. The predicted molar refractivity (Wildman–Crippen MR) is 70.8 cm³/mol. The van der Waals surface area contributed by atoms with E-state index in [4.69, 9.17) is 11.2 Å². The van der Waals surface area contributed by atoms with Crippen molar-refractivity contribution in [1.29, 1.82) is 0 Å². The summed E-state index contributed by atoms with van der Waals surface area (Å²) in [6.45, 7) is 1.91.